The van der Waals surface area contributed by atoms with Gasteiger partial charge >= 0.3 is 0 Å². The monoisotopic (exact) mass is 482 g/mol. The third-order valence-electron chi connectivity index (χ3n) is 7.38. The van der Waals surface area contributed by atoms with Gasteiger partial charge in [0.2, 0.25) is 0 Å². The summed E-state index contributed by atoms with van der Waals surface area (Å²) < 4.78 is 15.6. The molecule has 6 rings (SSSR count). The van der Waals surface area contributed by atoms with Crippen molar-refractivity contribution in [2.45, 2.75) is 25.2 Å². The van der Waals surface area contributed by atoms with Crippen molar-refractivity contribution in [1.82, 2.24) is 19.2 Å². The van der Waals surface area contributed by atoms with Crippen LogP contribution in [-0.4, -0.2) is 57.2 Å². The molecule has 2 aromatic heterocycles. The number of rotatable bonds is 6. The number of piperidine rings is 1. The van der Waals surface area contributed by atoms with Gasteiger partial charge < -0.3 is 9.30 Å². The minimum atomic E-state index is -0.252. The Morgan fingerprint density at radius 3 is 2.19 bits per heavy atom. The molecule has 182 valence electrons. The first-order valence-corrected chi connectivity index (χ1v) is 12.5. The van der Waals surface area contributed by atoms with Crippen molar-refractivity contribution in [2.75, 3.05) is 26.2 Å². The number of imide groups is 1. The van der Waals surface area contributed by atoms with Crippen molar-refractivity contribution in [2.24, 2.45) is 0 Å². The number of amides is 2. The van der Waals surface area contributed by atoms with E-state index in [0.29, 0.717) is 23.6 Å². The van der Waals surface area contributed by atoms with Gasteiger partial charge in [-0.05, 0) is 87.4 Å². The summed E-state index contributed by atoms with van der Waals surface area (Å²) in [6.45, 7) is 3.18. The van der Waals surface area contributed by atoms with E-state index in [4.69, 9.17) is 4.98 Å². The summed E-state index contributed by atoms with van der Waals surface area (Å²) in [5.41, 5.74) is 3.85. The molecule has 1 fully saturated rings. The highest BCUT2D eigenvalue weighted by molar-refractivity contribution is 6.21. The maximum absolute atomic E-state index is 13.5. The molecule has 0 radical (unpaired) electrons. The Bertz CT molecular complexity index is 1400. The van der Waals surface area contributed by atoms with Crippen LogP contribution in [0.15, 0.2) is 72.9 Å². The summed E-state index contributed by atoms with van der Waals surface area (Å²) in [6, 6.07) is 19.6. The molecule has 4 heterocycles. The minimum Gasteiger partial charge on any atom is -0.303 e. The molecule has 36 heavy (non-hydrogen) atoms. The summed E-state index contributed by atoms with van der Waals surface area (Å²) in [5, 5.41) is 0. The second-order valence-corrected chi connectivity index (χ2v) is 9.56. The van der Waals surface area contributed by atoms with Gasteiger partial charge in [-0.25, -0.2) is 9.37 Å². The highest BCUT2D eigenvalue weighted by Gasteiger charge is 2.34. The van der Waals surface area contributed by atoms with Gasteiger partial charge in [0.1, 0.15) is 11.6 Å². The summed E-state index contributed by atoms with van der Waals surface area (Å²) in [6.07, 6.45) is 4.80. The first-order chi connectivity index (χ1) is 17.6. The normalized spacial score (nSPS) is 16.8. The van der Waals surface area contributed by atoms with E-state index < -0.39 is 0 Å². The third-order valence-corrected chi connectivity index (χ3v) is 7.38. The second kappa shape index (κ2) is 9.32. The fraction of sp³-hybridized carbons (Fsp3) is 0.276. The average Bonchev–Trinajstić information content (AvgIpc) is 3.41. The summed E-state index contributed by atoms with van der Waals surface area (Å²) in [4.78, 5) is 34.0. The van der Waals surface area contributed by atoms with E-state index in [1.165, 1.54) is 17.0 Å². The van der Waals surface area contributed by atoms with Crippen molar-refractivity contribution < 1.29 is 14.0 Å². The molecule has 2 amide bonds. The molecule has 2 aliphatic rings. The van der Waals surface area contributed by atoms with Crippen molar-refractivity contribution in [3.63, 3.8) is 0 Å². The third kappa shape index (κ3) is 3.99. The van der Waals surface area contributed by atoms with E-state index in [0.717, 1.165) is 61.5 Å². The zero-order valence-electron chi connectivity index (χ0n) is 19.9. The van der Waals surface area contributed by atoms with E-state index in [2.05, 4.69) is 21.6 Å². The lowest BCUT2D eigenvalue weighted by atomic mass is 9.96. The maximum atomic E-state index is 13.5. The molecule has 2 aliphatic heterocycles. The van der Waals surface area contributed by atoms with Gasteiger partial charge in [0.05, 0.1) is 22.3 Å². The standard InChI is InChI=1S/C29H27FN4O2/c30-22-11-9-20(10-12-22)26-25-8-3-4-16-33(25)27(31-26)21-13-18-32(19-14-21)15-5-17-34-28(35)23-6-1-2-7-24(23)29(34)36/h1-4,6-12,16,21H,5,13-15,17-19H2. The zero-order chi connectivity index (χ0) is 24.6. The number of fused-ring (bicyclic) bond motifs is 2. The molecule has 0 atom stereocenters. The van der Waals surface area contributed by atoms with Crippen LogP contribution >= 0.6 is 0 Å². The van der Waals surface area contributed by atoms with Gasteiger partial charge in [0.25, 0.3) is 11.8 Å². The van der Waals surface area contributed by atoms with Crippen LogP contribution < -0.4 is 0 Å². The van der Waals surface area contributed by atoms with E-state index in [-0.39, 0.29) is 17.6 Å². The summed E-state index contributed by atoms with van der Waals surface area (Å²) in [7, 11) is 0. The van der Waals surface area contributed by atoms with Crippen LogP contribution in [0.25, 0.3) is 16.8 Å². The molecule has 1 saturated heterocycles. The highest BCUT2D eigenvalue weighted by Crippen LogP contribution is 2.33. The summed E-state index contributed by atoms with van der Waals surface area (Å²) in [5.74, 6) is 0.768. The number of aromatic nitrogens is 2. The Balaban J connectivity index is 1.09. The molecule has 0 saturated carbocycles. The van der Waals surface area contributed by atoms with E-state index in [9.17, 15) is 14.0 Å². The van der Waals surface area contributed by atoms with Gasteiger partial charge in [0, 0.05) is 24.2 Å². The topological polar surface area (TPSA) is 57.9 Å². The molecule has 0 aliphatic carbocycles. The van der Waals surface area contributed by atoms with Gasteiger partial charge in [-0.2, -0.15) is 0 Å². The Hall–Kier alpha value is -3.84. The Morgan fingerprint density at radius 1 is 0.833 bits per heavy atom. The number of pyridine rings is 1. The van der Waals surface area contributed by atoms with Crippen LogP contribution in [0.2, 0.25) is 0 Å². The Morgan fingerprint density at radius 2 is 1.50 bits per heavy atom. The van der Waals surface area contributed by atoms with E-state index in [1.54, 1.807) is 36.4 Å². The lowest BCUT2D eigenvalue weighted by molar-refractivity contribution is 0.0645. The Labute approximate surface area is 209 Å². The smallest absolute Gasteiger partial charge is 0.261 e. The molecular weight excluding hydrogens is 455 g/mol. The van der Waals surface area contributed by atoms with Crippen LogP contribution in [0.1, 0.15) is 51.7 Å². The van der Waals surface area contributed by atoms with Crippen LogP contribution in [0.5, 0.6) is 0 Å². The first-order valence-electron chi connectivity index (χ1n) is 12.5. The summed E-state index contributed by atoms with van der Waals surface area (Å²) >= 11 is 0. The number of nitrogens with zero attached hydrogens (tertiary/aromatic N) is 4. The molecule has 2 aromatic carbocycles. The van der Waals surface area contributed by atoms with Crippen molar-refractivity contribution >= 4 is 17.3 Å². The van der Waals surface area contributed by atoms with Gasteiger partial charge in [0.15, 0.2) is 0 Å². The Kier molecular flexibility index (Phi) is 5.85. The number of carbonyl (C=O) groups is 2. The van der Waals surface area contributed by atoms with Crippen molar-refractivity contribution in [3.8, 4) is 11.3 Å². The van der Waals surface area contributed by atoms with Gasteiger partial charge in [-0.15, -0.1) is 0 Å². The average molecular weight is 483 g/mol. The number of carbonyl (C=O) groups excluding carboxylic acids is 2. The van der Waals surface area contributed by atoms with Crippen LogP contribution in [0.3, 0.4) is 0 Å². The number of hydrogen-bond acceptors (Lipinski definition) is 4. The minimum absolute atomic E-state index is 0.183. The molecule has 4 aromatic rings. The van der Waals surface area contributed by atoms with E-state index in [1.807, 2.05) is 12.1 Å². The SMILES string of the molecule is O=C1c2ccccc2C(=O)N1CCCN1CCC(c2nc(-c3ccc(F)cc3)c3ccccn23)CC1. The zero-order valence-corrected chi connectivity index (χ0v) is 19.9. The number of imidazole rings is 1. The molecule has 6 nitrogen and oxygen atoms in total. The second-order valence-electron chi connectivity index (χ2n) is 9.56. The fourth-order valence-electron chi connectivity index (χ4n) is 5.48. The molecule has 0 bridgehead atoms. The van der Waals surface area contributed by atoms with Crippen molar-refractivity contribution in [1.29, 1.82) is 0 Å². The number of halogens is 1. The fourth-order valence-corrected chi connectivity index (χ4v) is 5.48. The largest absolute Gasteiger partial charge is 0.303 e. The van der Waals surface area contributed by atoms with Crippen molar-refractivity contribution in [3.05, 3.63) is 95.7 Å². The molecular formula is C29H27FN4O2. The lowest BCUT2D eigenvalue weighted by Crippen LogP contribution is -2.37. The highest BCUT2D eigenvalue weighted by atomic mass is 19.1. The molecule has 7 heteroatoms. The van der Waals surface area contributed by atoms with Crippen LogP contribution in [0.4, 0.5) is 4.39 Å². The van der Waals surface area contributed by atoms with Crippen LogP contribution in [0, 0.1) is 5.82 Å². The molecule has 0 spiro atoms. The number of hydrogen-bond donors (Lipinski definition) is 0. The van der Waals surface area contributed by atoms with E-state index >= 15 is 0 Å². The molecule has 0 unspecified atom stereocenters. The maximum Gasteiger partial charge on any atom is 0.261 e. The predicted molar refractivity (Wildman–Crippen MR) is 135 cm³/mol. The predicted octanol–water partition coefficient (Wildman–Crippen LogP) is 5.01. The number of likely N-dealkylation sites (tertiary alicyclic amines) is 1. The number of benzene rings is 2. The quantitative estimate of drug-likeness (QED) is 0.363. The van der Waals surface area contributed by atoms with Gasteiger partial charge in [-0.1, -0.05) is 18.2 Å². The first kappa shape index (κ1) is 22.6. The van der Waals surface area contributed by atoms with Gasteiger partial charge in [-0.3, -0.25) is 14.5 Å². The lowest BCUT2D eigenvalue weighted by Gasteiger charge is -2.31. The van der Waals surface area contributed by atoms with Crippen LogP contribution in [-0.2, 0) is 0 Å². The molecule has 0 N–H and O–H groups in total.